The van der Waals surface area contributed by atoms with Crippen LogP contribution in [0.1, 0.15) is 37.0 Å². The molecule has 0 radical (unpaired) electrons. The lowest BCUT2D eigenvalue weighted by Crippen LogP contribution is -2.35. The third-order valence-corrected chi connectivity index (χ3v) is 5.89. The largest absolute Gasteiger partial charge is 0.250 e. The minimum Gasteiger partial charge on any atom is -0.207 e. The van der Waals surface area contributed by atoms with Gasteiger partial charge in [0, 0.05) is 6.04 Å². The molecule has 0 aliphatic heterocycles. The van der Waals surface area contributed by atoms with Crippen molar-refractivity contribution in [2.24, 2.45) is 0 Å². The van der Waals surface area contributed by atoms with Crippen molar-refractivity contribution < 1.29 is 8.42 Å². The molecule has 1 saturated carbocycles. The molecule has 1 aliphatic rings. The molecule has 2 rings (SSSR count). The summed E-state index contributed by atoms with van der Waals surface area (Å²) in [5.41, 5.74) is 0. The van der Waals surface area contributed by atoms with Gasteiger partial charge in [0.05, 0.1) is 0 Å². The maximum Gasteiger partial charge on any atom is 0.250 e. The number of sulfonamides is 1. The van der Waals surface area contributed by atoms with Crippen LogP contribution in [0.4, 0.5) is 0 Å². The van der Waals surface area contributed by atoms with E-state index < -0.39 is 10.0 Å². The minimum absolute atomic E-state index is 0.0568. The fourth-order valence-electron chi connectivity index (χ4n) is 2.02. The number of nitrogens with one attached hydrogen (secondary N) is 1. The third-order valence-electron chi connectivity index (χ3n) is 2.88. The summed E-state index contributed by atoms with van der Waals surface area (Å²) in [5.74, 6) is 0. The SMILES string of the molecule is N#Cc1ccc(S(=O)(=O)NC2CCCCC2)s1. The molecule has 0 atom stereocenters. The van der Waals surface area contributed by atoms with E-state index in [0.717, 1.165) is 37.0 Å². The predicted octanol–water partition coefficient (Wildman–Crippen LogP) is 2.23. The van der Waals surface area contributed by atoms with E-state index in [2.05, 4.69) is 4.72 Å². The molecule has 92 valence electrons. The van der Waals surface area contributed by atoms with E-state index in [0.29, 0.717) is 4.88 Å². The molecule has 1 heterocycles. The second-order valence-electron chi connectivity index (χ2n) is 4.19. The highest BCUT2D eigenvalue weighted by Gasteiger charge is 2.23. The lowest BCUT2D eigenvalue weighted by Gasteiger charge is -2.22. The highest BCUT2D eigenvalue weighted by molar-refractivity contribution is 7.91. The van der Waals surface area contributed by atoms with Gasteiger partial charge in [-0.3, -0.25) is 0 Å². The van der Waals surface area contributed by atoms with Crippen LogP contribution in [0, 0.1) is 11.3 Å². The molecule has 0 bridgehead atoms. The van der Waals surface area contributed by atoms with Gasteiger partial charge in [-0.1, -0.05) is 19.3 Å². The van der Waals surface area contributed by atoms with Crippen LogP contribution in [-0.4, -0.2) is 14.5 Å². The molecule has 17 heavy (non-hydrogen) atoms. The zero-order chi connectivity index (χ0) is 12.3. The summed E-state index contributed by atoms with van der Waals surface area (Å²) >= 11 is 1.02. The van der Waals surface area contributed by atoms with Gasteiger partial charge < -0.3 is 0 Å². The molecule has 1 aliphatic carbocycles. The second kappa shape index (κ2) is 5.17. The van der Waals surface area contributed by atoms with Crippen LogP contribution in [0.5, 0.6) is 0 Å². The molecule has 0 aromatic carbocycles. The van der Waals surface area contributed by atoms with Crippen LogP contribution >= 0.6 is 11.3 Å². The molecule has 1 aromatic heterocycles. The highest BCUT2D eigenvalue weighted by Crippen LogP contribution is 2.23. The quantitative estimate of drug-likeness (QED) is 0.915. The van der Waals surface area contributed by atoms with Crippen molar-refractivity contribution in [1.82, 2.24) is 4.72 Å². The number of hydrogen-bond donors (Lipinski definition) is 1. The van der Waals surface area contributed by atoms with Crippen LogP contribution in [-0.2, 0) is 10.0 Å². The van der Waals surface area contributed by atoms with E-state index >= 15 is 0 Å². The first kappa shape index (κ1) is 12.6. The Balaban J connectivity index is 2.10. The highest BCUT2D eigenvalue weighted by atomic mass is 32.2. The monoisotopic (exact) mass is 270 g/mol. The number of nitrogens with zero attached hydrogens (tertiary/aromatic N) is 1. The Bertz CT molecular complexity index is 522. The lowest BCUT2D eigenvalue weighted by molar-refractivity contribution is 0.412. The van der Waals surface area contributed by atoms with E-state index in [4.69, 9.17) is 5.26 Å². The van der Waals surface area contributed by atoms with E-state index in [9.17, 15) is 8.42 Å². The molecular formula is C11H14N2O2S2. The standard InChI is InChI=1S/C11H14N2O2S2/c12-8-10-6-7-11(16-10)17(14,15)13-9-4-2-1-3-5-9/h6-7,9,13H,1-5H2. The second-order valence-corrected chi connectivity index (χ2v) is 7.21. The van der Waals surface area contributed by atoms with Crippen LogP contribution in [0.15, 0.2) is 16.3 Å². The molecule has 0 spiro atoms. The molecule has 1 fully saturated rings. The van der Waals surface area contributed by atoms with Crippen molar-refractivity contribution in [3.63, 3.8) is 0 Å². The molecule has 4 nitrogen and oxygen atoms in total. The Morgan fingerprint density at radius 1 is 1.29 bits per heavy atom. The summed E-state index contributed by atoms with van der Waals surface area (Å²) in [6.07, 6.45) is 5.18. The zero-order valence-corrected chi connectivity index (χ0v) is 11.0. The first-order valence-corrected chi connectivity index (χ1v) is 7.94. The Morgan fingerprint density at radius 3 is 2.59 bits per heavy atom. The van der Waals surface area contributed by atoms with Gasteiger partial charge in [-0.25, -0.2) is 13.1 Å². The average Bonchev–Trinajstić information content (AvgIpc) is 2.79. The van der Waals surface area contributed by atoms with Gasteiger partial charge in [-0.15, -0.1) is 11.3 Å². The van der Waals surface area contributed by atoms with E-state index in [-0.39, 0.29) is 10.3 Å². The van der Waals surface area contributed by atoms with Crippen molar-refractivity contribution in [1.29, 1.82) is 5.26 Å². The van der Waals surface area contributed by atoms with Crippen molar-refractivity contribution in [3.8, 4) is 6.07 Å². The number of nitriles is 1. The van der Waals surface area contributed by atoms with Crippen LogP contribution < -0.4 is 4.72 Å². The van der Waals surface area contributed by atoms with Crippen molar-refractivity contribution in [2.75, 3.05) is 0 Å². The average molecular weight is 270 g/mol. The van der Waals surface area contributed by atoms with Crippen molar-refractivity contribution in [3.05, 3.63) is 17.0 Å². The molecule has 0 unspecified atom stereocenters. The molecule has 6 heteroatoms. The van der Waals surface area contributed by atoms with Gasteiger partial charge in [0.15, 0.2) is 0 Å². The molecular weight excluding hydrogens is 256 g/mol. The van der Waals surface area contributed by atoms with Crippen LogP contribution in [0.2, 0.25) is 0 Å². The van der Waals surface area contributed by atoms with Crippen molar-refractivity contribution in [2.45, 2.75) is 42.4 Å². The van der Waals surface area contributed by atoms with Gasteiger partial charge in [0.1, 0.15) is 15.2 Å². The third kappa shape index (κ3) is 3.06. The van der Waals surface area contributed by atoms with Gasteiger partial charge in [0.2, 0.25) is 10.0 Å². The predicted molar refractivity (Wildman–Crippen MR) is 66.2 cm³/mol. The van der Waals surface area contributed by atoms with Crippen molar-refractivity contribution >= 4 is 21.4 Å². The van der Waals surface area contributed by atoms with E-state index in [1.54, 1.807) is 6.07 Å². The van der Waals surface area contributed by atoms with E-state index in [1.807, 2.05) is 6.07 Å². The zero-order valence-electron chi connectivity index (χ0n) is 9.35. The Kier molecular flexibility index (Phi) is 3.82. The first-order valence-electron chi connectivity index (χ1n) is 5.64. The normalized spacial score (nSPS) is 17.8. The fraction of sp³-hybridized carbons (Fsp3) is 0.545. The maximum atomic E-state index is 12.0. The Morgan fingerprint density at radius 2 is 2.00 bits per heavy atom. The van der Waals surface area contributed by atoms with Crippen LogP contribution in [0.3, 0.4) is 0 Å². The maximum absolute atomic E-state index is 12.0. The number of rotatable bonds is 3. The molecule has 1 aromatic rings. The smallest absolute Gasteiger partial charge is 0.207 e. The number of thiophene rings is 1. The summed E-state index contributed by atoms with van der Waals surface area (Å²) in [5, 5.41) is 8.68. The molecule has 0 amide bonds. The Labute approximate surface area is 105 Å². The van der Waals surface area contributed by atoms with Gasteiger partial charge in [-0.2, -0.15) is 5.26 Å². The topological polar surface area (TPSA) is 70.0 Å². The van der Waals surface area contributed by atoms with Gasteiger partial charge in [-0.05, 0) is 25.0 Å². The summed E-state index contributed by atoms with van der Waals surface area (Å²) in [6, 6.07) is 5.04. The minimum atomic E-state index is -3.43. The van der Waals surface area contributed by atoms with E-state index in [1.165, 1.54) is 12.5 Å². The number of hydrogen-bond acceptors (Lipinski definition) is 4. The fourth-order valence-corrected chi connectivity index (χ4v) is 4.45. The van der Waals surface area contributed by atoms with Gasteiger partial charge in [0.25, 0.3) is 0 Å². The Hall–Kier alpha value is -0.900. The van der Waals surface area contributed by atoms with Gasteiger partial charge >= 0.3 is 0 Å². The summed E-state index contributed by atoms with van der Waals surface area (Å²) < 4.78 is 27.0. The van der Waals surface area contributed by atoms with Crippen LogP contribution in [0.25, 0.3) is 0 Å². The first-order chi connectivity index (χ1) is 8.12. The summed E-state index contributed by atoms with van der Waals surface area (Å²) in [7, 11) is -3.43. The lowest BCUT2D eigenvalue weighted by atomic mass is 9.96. The summed E-state index contributed by atoms with van der Waals surface area (Å²) in [4.78, 5) is 0.425. The summed E-state index contributed by atoms with van der Waals surface area (Å²) in [6.45, 7) is 0. The molecule has 1 N–H and O–H groups in total. The molecule has 0 saturated heterocycles.